The van der Waals surface area contributed by atoms with Gasteiger partial charge in [-0.3, -0.25) is 9.69 Å². The van der Waals surface area contributed by atoms with Gasteiger partial charge in [0.25, 0.3) is 0 Å². The first kappa shape index (κ1) is 18.4. The Kier molecular flexibility index (Phi) is 5.40. The molecule has 0 aromatic heterocycles. The second-order valence-electron chi connectivity index (χ2n) is 5.96. The lowest BCUT2D eigenvalue weighted by atomic mass is 9.97. The van der Waals surface area contributed by atoms with Crippen LogP contribution in [0.3, 0.4) is 0 Å². The number of amides is 2. The van der Waals surface area contributed by atoms with Gasteiger partial charge in [-0.2, -0.15) is 0 Å². The quantitative estimate of drug-likeness (QED) is 0.886. The fourth-order valence-corrected chi connectivity index (χ4v) is 2.88. The van der Waals surface area contributed by atoms with E-state index in [-0.39, 0.29) is 18.0 Å². The summed E-state index contributed by atoms with van der Waals surface area (Å²) in [7, 11) is 3.03. The Morgan fingerprint density at radius 1 is 1.15 bits per heavy atom. The minimum Gasteiger partial charge on any atom is -0.497 e. The van der Waals surface area contributed by atoms with Crippen molar-refractivity contribution in [1.82, 2.24) is 4.90 Å². The minimum atomic E-state index is -0.521. The molecule has 3 rings (SSSR count). The average molecular weight is 370 g/mol. The van der Waals surface area contributed by atoms with Crippen molar-refractivity contribution in [3.8, 4) is 11.5 Å². The normalized spacial score (nSPS) is 16.2. The van der Waals surface area contributed by atoms with Crippen LogP contribution in [0.5, 0.6) is 11.5 Å². The van der Waals surface area contributed by atoms with Gasteiger partial charge < -0.3 is 14.8 Å². The molecule has 0 radical (unpaired) electrons. The molecule has 1 N–H and O–H groups in total. The van der Waals surface area contributed by atoms with Crippen LogP contribution in [-0.4, -0.2) is 30.9 Å². The van der Waals surface area contributed by atoms with E-state index in [1.54, 1.807) is 30.3 Å². The zero-order valence-corrected chi connectivity index (χ0v) is 14.9. The number of rotatable bonds is 4. The maximum absolute atomic E-state index is 13.2. The van der Waals surface area contributed by atoms with Crippen LogP contribution in [0.2, 0.25) is 0 Å². The molecule has 27 heavy (non-hydrogen) atoms. The highest BCUT2D eigenvalue weighted by atomic mass is 19.1. The maximum atomic E-state index is 13.2. The molecular formula is C20H19FN2O4. The lowest BCUT2D eigenvalue weighted by Gasteiger charge is -2.31. The number of hydrogen-bond donors (Lipinski definition) is 1. The van der Waals surface area contributed by atoms with Gasteiger partial charge in [-0.15, -0.1) is 0 Å². The van der Waals surface area contributed by atoms with Gasteiger partial charge in [0.1, 0.15) is 17.3 Å². The number of halogens is 1. The number of ether oxygens (including phenoxy) is 2. The Labute approximate surface area is 156 Å². The third kappa shape index (κ3) is 4.08. The van der Waals surface area contributed by atoms with Crippen molar-refractivity contribution < 1.29 is 23.5 Å². The number of allylic oxidation sites excluding steroid dienone is 1. The summed E-state index contributed by atoms with van der Waals surface area (Å²) in [6.45, 7) is 0. The number of urea groups is 1. The predicted octanol–water partition coefficient (Wildman–Crippen LogP) is 3.90. The first-order chi connectivity index (χ1) is 13.0. The summed E-state index contributed by atoms with van der Waals surface area (Å²) >= 11 is 0. The Hall–Kier alpha value is -3.35. The first-order valence-corrected chi connectivity index (χ1v) is 8.29. The van der Waals surface area contributed by atoms with Gasteiger partial charge in [0.2, 0.25) is 0 Å². The molecule has 1 aliphatic heterocycles. The largest absolute Gasteiger partial charge is 0.497 e. The molecule has 1 aliphatic rings. The molecule has 1 atom stereocenters. The number of hydrogen-bond acceptors (Lipinski definition) is 4. The molecule has 2 aromatic rings. The maximum Gasteiger partial charge on any atom is 0.326 e. The van der Waals surface area contributed by atoms with Crippen molar-refractivity contribution in [2.75, 3.05) is 19.5 Å². The number of benzene rings is 2. The number of nitrogens with one attached hydrogen (secondary N) is 1. The Bertz CT molecular complexity index is 880. The van der Waals surface area contributed by atoms with Crippen molar-refractivity contribution >= 4 is 17.5 Å². The zero-order valence-electron chi connectivity index (χ0n) is 14.9. The van der Waals surface area contributed by atoms with Gasteiger partial charge in [0, 0.05) is 18.7 Å². The SMILES string of the molecule is COc1ccc(NC(=O)N2C=CC(=O)CC2c2ccc(F)cc2)c(OC)c1. The topological polar surface area (TPSA) is 67.9 Å². The number of carbonyl (C=O) groups is 2. The molecule has 0 spiro atoms. The minimum absolute atomic E-state index is 0.101. The van der Waals surface area contributed by atoms with Crippen LogP contribution < -0.4 is 14.8 Å². The summed E-state index contributed by atoms with van der Waals surface area (Å²) in [4.78, 5) is 26.1. The number of ketones is 1. The standard InChI is InChI=1S/C20H19FN2O4/c1-26-16-7-8-17(19(12-16)27-2)22-20(25)23-10-9-15(24)11-18(23)13-3-5-14(21)6-4-13/h3-10,12,18H,11H2,1-2H3,(H,22,25). The monoisotopic (exact) mass is 370 g/mol. The van der Waals surface area contributed by atoms with Gasteiger partial charge in [-0.05, 0) is 35.9 Å². The number of anilines is 1. The molecular weight excluding hydrogens is 351 g/mol. The summed E-state index contributed by atoms with van der Waals surface area (Å²) in [6.07, 6.45) is 2.91. The van der Waals surface area contributed by atoms with Crippen LogP contribution in [0, 0.1) is 5.82 Å². The second kappa shape index (κ2) is 7.90. The molecule has 140 valence electrons. The third-order valence-electron chi connectivity index (χ3n) is 4.29. The van der Waals surface area contributed by atoms with Crippen LogP contribution >= 0.6 is 0 Å². The molecule has 0 aliphatic carbocycles. The Morgan fingerprint density at radius 3 is 2.56 bits per heavy atom. The molecule has 2 aromatic carbocycles. The van der Waals surface area contributed by atoms with E-state index in [2.05, 4.69) is 5.32 Å². The van der Waals surface area contributed by atoms with Gasteiger partial charge in [-0.25, -0.2) is 9.18 Å². The summed E-state index contributed by atoms with van der Waals surface area (Å²) in [5.74, 6) is 0.557. The van der Waals surface area contributed by atoms with Crippen LogP contribution in [0.4, 0.5) is 14.9 Å². The molecule has 1 heterocycles. The van der Waals surface area contributed by atoms with Gasteiger partial charge in [0.15, 0.2) is 5.78 Å². The van der Waals surface area contributed by atoms with Crippen LogP contribution in [0.25, 0.3) is 0 Å². The van der Waals surface area contributed by atoms with Crippen LogP contribution in [-0.2, 0) is 4.79 Å². The molecule has 0 fully saturated rings. The molecule has 1 unspecified atom stereocenters. The van der Waals surface area contributed by atoms with Gasteiger partial charge >= 0.3 is 6.03 Å². The van der Waals surface area contributed by atoms with Crippen LogP contribution in [0.1, 0.15) is 18.0 Å². The number of nitrogens with zero attached hydrogens (tertiary/aromatic N) is 1. The summed E-state index contributed by atoms with van der Waals surface area (Å²) in [6, 6.07) is 9.82. The zero-order chi connectivity index (χ0) is 19.4. The summed E-state index contributed by atoms with van der Waals surface area (Å²) < 4.78 is 23.7. The van der Waals surface area contributed by atoms with Crippen LogP contribution in [0.15, 0.2) is 54.7 Å². The molecule has 0 saturated carbocycles. The van der Waals surface area contributed by atoms with Crippen molar-refractivity contribution in [2.24, 2.45) is 0 Å². The lowest BCUT2D eigenvalue weighted by molar-refractivity contribution is -0.116. The predicted molar refractivity (Wildman–Crippen MR) is 98.3 cm³/mol. The van der Waals surface area contributed by atoms with Gasteiger partial charge in [-0.1, -0.05) is 12.1 Å². The van der Waals surface area contributed by atoms with E-state index < -0.39 is 12.1 Å². The average Bonchev–Trinajstić information content (AvgIpc) is 2.68. The molecule has 7 heteroatoms. The van der Waals surface area contributed by atoms with E-state index in [9.17, 15) is 14.0 Å². The fraction of sp³-hybridized carbons (Fsp3) is 0.200. The lowest BCUT2D eigenvalue weighted by Crippen LogP contribution is -2.37. The highest BCUT2D eigenvalue weighted by Gasteiger charge is 2.29. The molecule has 2 amide bonds. The van der Waals surface area contributed by atoms with E-state index in [0.29, 0.717) is 22.7 Å². The van der Waals surface area contributed by atoms with Crippen molar-refractivity contribution in [3.63, 3.8) is 0 Å². The molecule has 6 nitrogen and oxygen atoms in total. The van der Waals surface area contributed by atoms with Crippen molar-refractivity contribution in [3.05, 3.63) is 66.1 Å². The number of methoxy groups -OCH3 is 2. The highest BCUT2D eigenvalue weighted by molar-refractivity contribution is 5.96. The molecule has 0 bridgehead atoms. The van der Waals surface area contributed by atoms with Gasteiger partial charge in [0.05, 0.1) is 25.9 Å². The first-order valence-electron chi connectivity index (χ1n) is 8.29. The Balaban J connectivity index is 1.86. The smallest absolute Gasteiger partial charge is 0.326 e. The third-order valence-corrected chi connectivity index (χ3v) is 4.29. The second-order valence-corrected chi connectivity index (χ2v) is 5.96. The van der Waals surface area contributed by atoms with E-state index in [1.807, 2.05) is 0 Å². The Morgan fingerprint density at radius 2 is 1.89 bits per heavy atom. The van der Waals surface area contributed by atoms with Crippen molar-refractivity contribution in [2.45, 2.75) is 12.5 Å². The van der Waals surface area contributed by atoms with E-state index in [1.165, 1.54) is 43.5 Å². The molecule has 0 saturated heterocycles. The summed E-state index contributed by atoms with van der Waals surface area (Å²) in [5.41, 5.74) is 1.14. The fourth-order valence-electron chi connectivity index (χ4n) is 2.88. The summed E-state index contributed by atoms with van der Waals surface area (Å²) in [5, 5.41) is 2.78. The van der Waals surface area contributed by atoms with E-state index >= 15 is 0 Å². The number of carbonyl (C=O) groups excluding carboxylic acids is 2. The highest BCUT2D eigenvalue weighted by Crippen LogP contribution is 2.32. The van der Waals surface area contributed by atoms with E-state index in [0.717, 1.165) is 0 Å². The van der Waals surface area contributed by atoms with E-state index in [4.69, 9.17) is 9.47 Å². The van der Waals surface area contributed by atoms with Crippen molar-refractivity contribution in [1.29, 1.82) is 0 Å².